The van der Waals surface area contributed by atoms with Crippen LogP contribution in [-0.2, 0) is 0 Å². The first-order valence-corrected chi connectivity index (χ1v) is 8.09. The van der Waals surface area contributed by atoms with Gasteiger partial charge in [0.25, 0.3) is 0 Å². The number of nitrogens with zero attached hydrogens (tertiary/aromatic N) is 2. The molecule has 1 fully saturated rings. The summed E-state index contributed by atoms with van der Waals surface area (Å²) in [7, 11) is 0. The molecule has 112 valence electrons. The number of hydrogen-bond donors (Lipinski definition) is 1. The first kappa shape index (κ1) is 14.3. The lowest BCUT2D eigenvalue weighted by molar-refractivity contribution is 0.452. The van der Waals surface area contributed by atoms with Crippen molar-refractivity contribution in [2.45, 2.75) is 45.6 Å². The maximum absolute atomic E-state index is 4.56. The van der Waals surface area contributed by atoms with Crippen LogP contribution in [0.2, 0.25) is 0 Å². The number of para-hydroxylation sites is 1. The molecule has 1 aromatic heterocycles. The predicted molar refractivity (Wildman–Crippen MR) is 86.7 cm³/mol. The quantitative estimate of drug-likeness (QED) is 0.898. The molecule has 3 nitrogen and oxygen atoms in total. The summed E-state index contributed by atoms with van der Waals surface area (Å²) >= 11 is 0. The molecule has 1 aromatic carbocycles. The van der Waals surface area contributed by atoms with E-state index in [0.29, 0.717) is 6.04 Å². The molecule has 3 rings (SSSR count). The minimum absolute atomic E-state index is 0.364. The lowest BCUT2D eigenvalue weighted by Crippen LogP contribution is -2.24. The molecule has 0 bridgehead atoms. The SMILES string of the molecule is Cc1c(C(C)NCC2CCCC2)cnn1-c1ccccc1. The van der Waals surface area contributed by atoms with E-state index in [4.69, 9.17) is 0 Å². The van der Waals surface area contributed by atoms with Gasteiger partial charge in [-0.25, -0.2) is 4.68 Å². The van der Waals surface area contributed by atoms with Crippen LogP contribution in [0.3, 0.4) is 0 Å². The fraction of sp³-hybridized carbons (Fsp3) is 0.500. The molecule has 1 N–H and O–H groups in total. The van der Waals surface area contributed by atoms with Crippen molar-refractivity contribution in [1.82, 2.24) is 15.1 Å². The molecule has 0 amide bonds. The van der Waals surface area contributed by atoms with Gasteiger partial charge in [0, 0.05) is 17.3 Å². The Kier molecular flexibility index (Phi) is 4.39. The van der Waals surface area contributed by atoms with Gasteiger partial charge in [0.2, 0.25) is 0 Å². The van der Waals surface area contributed by atoms with Gasteiger partial charge in [-0.1, -0.05) is 31.0 Å². The maximum Gasteiger partial charge on any atom is 0.0648 e. The van der Waals surface area contributed by atoms with Crippen molar-refractivity contribution in [3.05, 3.63) is 47.8 Å². The van der Waals surface area contributed by atoms with E-state index in [-0.39, 0.29) is 0 Å². The van der Waals surface area contributed by atoms with Gasteiger partial charge in [0.05, 0.1) is 11.9 Å². The molecule has 2 aromatic rings. The van der Waals surface area contributed by atoms with E-state index in [1.807, 2.05) is 16.9 Å². The molecular weight excluding hydrogens is 258 g/mol. The molecular formula is C18H25N3. The van der Waals surface area contributed by atoms with Crippen molar-refractivity contribution < 1.29 is 0 Å². The Bertz CT molecular complexity index is 567. The summed E-state index contributed by atoms with van der Waals surface area (Å²) in [6.45, 7) is 5.54. The molecule has 3 heteroatoms. The van der Waals surface area contributed by atoms with Gasteiger partial charge in [0.1, 0.15) is 0 Å². The molecule has 0 spiro atoms. The van der Waals surface area contributed by atoms with Crippen LogP contribution in [-0.4, -0.2) is 16.3 Å². The average Bonchev–Trinajstić information content (AvgIpc) is 3.15. The Labute approximate surface area is 127 Å². The van der Waals surface area contributed by atoms with Crippen molar-refractivity contribution >= 4 is 0 Å². The van der Waals surface area contributed by atoms with Gasteiger partial charge >= 0.3 is 0 Å². The Morgan fingerprint density at radius 3 is 2.67 bits per heavy atom. The number of nitrogens with one attached hydrogen (secondary N) is 1. The van der Waals surface area contributed by atoms with E-state index in [2.05, 4.69) is 48.5 Å². The highest BCUT2D eigenvalue weighted by Gasteiger charge is 2.18. The Hall–Kier alpha value is -1.61. The summed E-state index contributed by atoms with van der Waals surface area (Å²) < 4.78 is 2.03. The fourth-order valence-electron chi connectivity index (χ4n) is 3.34. The smallest absolute Gasteiger partial charge is 0.0648 e. The van der Waals surface area contributed by atoms with Crippen molar-refractivity contribution in [3.8, 4) is 5.69 Å². The van der Waals surface area contributed by atoms with E-state index in [1.54, 1.807) is 0 Å². The molecule has 1 saturated carbocycles. The van der Waals surface area contributed by atoms with Gasteiger partial charge in [-0.3, -0.25) is 0 Å². The summed E-state index contributed by atoms with van der Waals surface area (Å²) in [6, 6.07) is 10.7. The standard InChI is InChI=1S/C18H25N3/c1-14(19-12-16-8-6-7-9-16)18-13-20-21(15(18)2)17-10-4-3-5-11-17/h3-5,10-11,13-14,16,19H,6-9,12H2,1-2H3. The highest BCUT2D eigenvalue weighted by molar-refractivity contribution is 5.35. The largest absolute Gasteiger partial charge is 0.310 e. The van der Waals surface area contributed by atoms with Crippen LogP contribution in [0.25, 0.3) is 5.69 Å². The van der Waals surface area contributed by atoms with Gasteiger partial charge in [-0.05, 0) is 51.3 Å². The minimum Gasteiger partial charge on any atom is -0.310 e. The first-order chi connectivity index (χ1) is 10.3. The second kappa shape index (κ2) is 6.44. The second-order valence-corrected chi connectivity index (χ2v) is 6.21. The van der Waals surface area contributed by atoms with Crippen LogP contribution in [0, 0.1) is 12.8 Å². The van der Waals surface area contributed by atoms with Gasteiger partial charge in [-0.15, -0.1) is 0 Å². The molecule has 0 radical (unpaired) electrons. The van der Waals surface area contributed by atoms with Crippen LogP contribution in [0.1, 0.15) is 49.9 Å². The summed E-state index contributed by atoms with van der Waals surface area (Å²) in [5, 5.41) is 8.26. The van der Waals surface area contributed by atoms with Gasteiger partial charge < -0.3 is 5.32 Å². The molecule has 1 heterocycles. The summed E-state index contributed by atoms with van der Waals surface area (Å²) in [6.07, 6.45) is 7.61. The van der Waals surface area contributed by atoms with E-state index in [1.165, 1.54) is 36.9 Å². The first-order valence-electron chi connectivity index (χ1n) is 8.09. The van der Waals surface area contributed by atoms with Crippen LogP contribution in [0.4, 0.5) is 0 Å². The molecule has 0 aliphatic heterocycles. The Balaban J connectivity index is 1.69. The zero-order chi connectivity index (χ0) is 14.7. The molecule has 21 heavy (non-hydrogen) atoms. The van der Waals surface area contributed by atoms with Crippen LogP contribution >= 0.6 is 0 Å². The summed E-state index contributed by atoms with van der Waals surface area (Å²) in [4.78, 5) is 0. The zero-order valence-electron chi connectivity index (χ0n) is 13.0. The van der Waals surface area contributed by atoms with Crippen molar-refractivity contribution in [3.63, 3.8) is 0 Å². The highest BCUT2D eigenvalue weighted by Crippen LogP contribution is 2.25. The lowest BCUT2D eigenvalue weighted by atomic mass is 10.1. The third kappa shape index (κ3) is 3.18. The second-order valence-electron chi connectivity index (χ2n) is 6.21. The number of hydrogen-bond acceptors (Lipinski definition) is 2. The molecule has 0 saturated heterocycles. The summed E-state index contributed by atoms with van der Waals surface area (Å²) in [5.74, 6) is 0.872. The highest BCUT2D eigenvalue weighted by atomic mass is 15.3. The minimum atomic E-state index is 0.364. The Morgan fingerprint density at radius 1 is 1.24 bits per heavy atom. The number of aromatic nitrogens is 2. The molecule has 1 aliphatic carbocycles. The van der Waals surface area contributed by atoms with Crippen LogP contribution in [0.15, 0.2) is 36.5 Å². The maximum atomic E-state index is 4.56. The number of benzene rings is 1. The lowest BCUT2D eigenvalue weighted by Gasteiger charge is -2.17. The van der Waals surface area contributed by atoms with Crippen molar-refractivity contribution in [2.24, 2.45) is 5.92 Å². The molecule has 1 unspecified atom stereocenters. The fourth-order valence-corrected chi connectivity index (χ4v) is 3.34. The third-order valence-corrected chi connectivity index (χ3v) is 4.70. The number of rotatable bonds is 5. The normalized spacial score (nSPS) is 17.2. The molecule has 1 aliphatic rings. The predicted octanol–water partition coefficient (Wildman–Crippen LogP) is 4.02. The van der Waals surface area contributed by atoms with E-state index >= 15 is 0 Å². The van der Waals surface area contributed by atoms with Crippen molar-refractivity contribution in [1.29, 1.82) is 0 Å². The summed E-state index contributed by atoms with van der Waals surface area (Å²) in [5.41, 5.74) is 3.66. The van der Waals surface area contributed by atoms with Crippen molar-refractivity contribution in [2.75, 3.05) is 6.54 Å². The van der Waals surface area contributed by atoms with E-state index < -0.39 is 0 Å². The van der Waals surface area contributed by atoms with Crippen LogP contribution in [0.5, 0.6) is 0 Å². The van der Waals surface area contributed by atoms with Gasteiger partial charge in [-0.2, -0.15) is 5.10 Å². The van der Waals surface area contributed by atoms with Gasteiger partial charge in [0.15, 0.2) is 0 Å². The Morgan fingerprint density at radius 2 is 1.95 bits per heavy atom. The molecule has 1 atom stereocenters. The average molecular weight is 283 g/mol. The monoisotopic (exact) mass is 283 g/mol. The topological polar surface area (TPSA) is 29.9 Å². The van der Waals surface area contributed by atoms with E-state index in [9.17, 15) is 0 Å². The van der Waals surface area contributed by atoms with Crippen LogP contribution < -0.4 is 5.32 Å². The van der Waals surface area contributed by atoms with E-state index in [0.717, 1.165) is 18.2 Å². The third-order valence-electron chi connectivity index (χ3n) is 4.70. The zero-order valence-corrected chi connectivity index (χ0v) is 13.0.